The van der Waals surface area contributed by atoms with Crippen LogP contribution < -0.4 is 5.32 Å². The van der Waals surface area contributed by atoms with Crippen LogP contribution in [0.2, 0.25) is 0 Å². The third kappa shape index (κ3) is 4.09. The normalized spacial score (nSPS) is 18.1. The molecule has 1 amide bonds. The maximum Gasteiger partial charge on any atom is 0.328 e. The summed E-state index contributed by atoms with van der Waals surface area (Å²) in [5, 5.41) is 11.5. The zero-order valence-corrected chi connectivity index (χ0v) is 11.1. The van der Waals surface area contributed by atoms with Crippen LogP contribution in [0.1, 0.15) is 24.8 Å². The number of allylic oxidation sites excluding steroid dienone is 2. The minimum atomic E-state index is -0.992. The number of carbonyl (C=O) groups is 2. The Balaban J connectivity index is 2.02. The van der Waals surface area contributed by atoms with Crippen molar-refractivity contribution in [2.24, 2.45) is 5.92 Å². The molecule has 1 aliphatic carbocycles. The highest BCUT2D eigenvalue weighted by atomic mass is 16.4. The molecule has 0 aromatic heterocycles. The van der Waals surface area contributed by atoms with Crippen molar-refractivity contribution in [1.29, 1.82) is 0 Å². The van der Waals surface area contributed by atoms with Crippen molar-refractivity contribution in [2.45, 2.75) is 19.3 Å². The van der Waals surface area contributed by atoms with E-state index in [-0.39, 0.29) is 11.8 Å². The lowest BCUT2D eigenvalue weighted by Gasteiger charge is -2.17. The number of anilines is 1. The first kappa shape index (κ1) is 14.1. The monoisotopic (exact) mass is 271 g/mol. The van der Waals surface area contributed by atoms with Crippen molar-refractivity contribution in [3.63, 3.8) is 0 Å². The molecule has 0 aliphatic heterocycles. The van der Waals surface area contributed by atoms with E-state index in [1.54, 1.807) is 24.3 Å². The molecule has 104 valence electrons. The van der Waals surface area contributed by atoms with E-state index in [0.29, 0.717) is 5.69 Å². The summed E-state index contributed by atoms with van der Waals surface area (Å²) in [5.41, 5.74) is 1.44. The molecule has 2 rings (SSSR count). The van der Waals surface area contributed by atoms with E-state index in [1.807, 2.05) is 6.08 Å². The van der Waals surface area contributed by atoms with E-state index < -0.39 is 5.97 Å². The third-order valence-corrected chi connectivity index (χ3v) is 3.21. The number of carboxylic acid groups (broad SMARTS) is 1. The predicted octanol–water partition coefficient (Wildman–Crippen LogP) is 3.08. The van der Waals surface area contributed by atoms with Gasteiger partial charge in [-0.3, -0.25) is 4.79 Å². The van der Waals surface area contributed by atoms with Crippen LogP contribution in [0.15, 0.2) is 42.5 Å². The summed E-state index contributed by atoms with van der Waals surface area (Å²) in [5.74, 6) is -0.944. The maximum absolute atomic E-state index is 12.1. The number of benzene rings is 1. The molecular formula is C16H17NO3. The number of hydrogen-bond acceptors (Lipinski definition) is 2. The van der Waals surface area contributed by atoms with Gasteiger partial charge in [-0.1, -0.05) is 24.3 Å². The fourth-order valence-corrected chi connectivity index (χ4v) is 2.16. The second kappa shape index (κ2) is 6.70. The summed E-state index contributed by atoms with van der Waals surface area (Å²) < 4.78 is 0. The van der Waals surface area contributed by atoms with Gasteiger partial charge in [0.1, 0.15) is 0 Å². The van der Waals surface area contributed by atoms with E-state index in [2.05, 4.69) is 11.4 Å². The van der Waals surface area contributed by atoms with Gasteiger partial charge in [0.2, 0.25) is 5.91 Å². The quantitative estimate of drug-likeness (QED) is 0.653. The number of nitrogens with one attached hydrogen (secondary N) is 1. The number of carboxylic acids is 1. The fraction of sp³-hybridized carbons (Fsp3) is 0.250. The van der Waals surface area contributed by atoms with Crippen LogP contribution in [0.5, 0.6) is 0 Å². The molecule has 0 bridgehead atoms. The molecule has 0 saturated heterocycles. The molecule has 0 radical (unpaired) electrons. The summed E-state index contributed by atoms with van der Waals surface area (Å²) in [4.78, 5) is 22.6. The SMILES string of the molecule is O=C(O)/C=C/c1cccc(NC(=O)C2CC=CCC2)c1. The summed E-state index contributed by atoms with van der Waals surface area (Å²) >= 11 is 0. The van der Waals surface area contributed by atoms with E-state index in [0.717, 1.165) is 30.9 Å². The van der Waals surface area contributed by atoms with E-state index in [1.165, 1.54) is 6.08 Å². The van der Waals surface area contributed by atoms with Crippen LogP contribution >= 0.6 is 0 Å². The standard InChI is InChI=1S/C16H17NO3/c18-15(19)10-9-12-5-4-8-14(11-12)17-16(20)13-6-2-1-3-7-13/h1-2,4-5,8-11,13H,3,6-7H2,(H,17,20)(H,18,19)/b10-9+. The number of rotatable bonds is 4. The largest absolute Gasteiger partial charge is 0.478 e. The zero-order valence-electron chi connectivity index (χ0n) is 11.1. The highest BCUT2D eigenvalue weighted by Crippen LogP contribution is 2.20. The topological polar surface area (TPSA) is 66.4 Å². The van der Waals surface area contributed by atoms with Crippen LogP contribution in [0, 0.1) is 5.92 Å². The number of carbonyl (C=O) groups excluding carboxylic acids is 1. The molecule has 1 aliphatic rings. The second-order valence-corrected chi connectivity index (χ2v) is 4.77. The Morgan fingerprint density at radius 2 is 2.15 bits per heavy atom. The van der Waals surface area contributed by atoms with Gasteiger partial charge in [0, 0.05) is 17.7 Å². The molecule has 4 nitrogen and oxygen atoms in total. The molecule has 0 heterocycles. The lowest BCUT2D eigenvalue weighted by molar-refractivity contribution is -0.131. The molecule has 4 heteroatoms. The van der Waals surface area contributed by atoms with E-state index in [4.69, 9.17) is 5.11 Å². The maximum atomic E-state index is 12.1. The average Bonchev–Trinajstić information content (AvgIpc) is 2.46. The highest BCUT2D eigenvalue weighted by Gasteiger charge is 2.18. The molecular weight excluding hydrogens is 254 g/mol. The van der Waals surface area contributed by atoms with Crippen molar-refractivity contribution in [2.75, 3.05) is 5.32 Å². The van der Waals surface area contributed by atoms with Crippen molar-refractivity contribution >= 4 is 23.6 Å². The van der Waals surface area contributed by atoms with E-state index >= 15 is 0 Å². The average molecular weight is 271 g/mol. The first-order valence-corrected chi connectivity index (χ1v) is 6.62. The van der Waals surface area contributed by atoms with Gasteiger partial charge >= 0.3 is 5.97 Å². The molecule has 0 spiro atoms. The Morgan fingerprint density at radius 3 is 2.85 bits per heavy atom. The number of amides is 1. The molecule has 1 aromatic carbocycles. The zero-order chi connectivity index (χ0) is 14.4. The minimum Gasteiger partial charge on any atom is -0.478 e. The van der Waals surface area contributed by atoms with Crippen molar-refractivity contribution in [1.82, 2.24) is 0 Å². The van der Waals surface area contributed by atoms with Crippen LogP contribution in [0.3, 0.4) is 0 Å². The van der Waals surface area contributed by atoms with Crippen molar-refractivity contribution < 1.29 is 14.7 Å². The summed E-state index contributed by atoms with van der Waals surface area (Å²) in [7, 11) is 0. The third-order valence-electron chi connectivity index (χ3n) is 3.21. The molecule has 2 N–H and O–H groups in total. The lowest BCUT2D eigenvalue weighted by atomic mass is 9.93. The Morgan fingerprint density at radius 1 is 1.30 bits per heavy atom. The first-order valence-electron chi connectivity index (χ1n) is 6.62. The summed E-state index contributed by atoms with van der Waals surface area (Å²) in [6, 6.07) is 7.14. The van der Waals surface area contributed by atoms with Gasteiger partial charge < -0.3 is 10.4 Å². The summed E-state index contributed by atoms with van der Waals surface area (Å²) in [6.07, 6.45) is 9.32. The molecule has 0 saturated carbocycles. The van der Waals surface area contributed by atoms with Crippen LogP contribution in [0.4, 0.5) is 5.69 Å². The van der Waals surface area contributed by atoms with Crippen LogP contribution in [0.25, 0.3) is 6.08 Å². The first-order chi connectivity index (χ1) is 9.65. The fourth-order valence-electron chi connectivity index (χ4n) is 2.16. The molecule has 0 fully saturated rings. The van der Waals surface area contributed by atoms with Gasteiger partial charge in [-0.2, -0.15) is 0 Å². The Labute approximate surface area is 117 Å². The van der Waals surface area contributed by atoms with Crippen LogP contribution in [-0.4, -0.2) is 17.0 Å². The van der Waals surface area contributed by atoms with Gasteiger partial charge in [0.05, 0.1) is 0 Å². The number of aliphatic carboxylic acids is 1. The predicted molar refractivity (Wildman–Crippen MR) is 78.2 cm³/mol. The lowest BCUT2D eigenvalue weighted by Crippen LogP contribution is -2.23. The Kier molecular flexibility index (Phi) is 4.71. The highest BCUT2D eigenvalue weighted by molar-refractivity contribution is 5.93. The smallest absolute Gasteiger partial charge is 0.328 e. The summed E-state index contributed by atoms with van der Waals surface area (Å²) in [6.45, 7) is 0. The van der Waals surface area contributed by atoms with Gasteiger partial charge in [-0.25, -0.2) is 4.79 Å². The number of hydrogen-bond donors (Lipinski definition) is 2. The van der Waals surface area contributed by atoms with Crippen LogP contribution in [-0.2, 0) is 9.59 Å². The second-order valence-electron chi connectivity index (χ2n) is 4.77. The van der Waals surface area contributed by atoms with Gasteiger partial charge in [-0.15, -0.1) is 0 Å². The van der Waals surface area contributed by atoms with Gasteiger partial charge in [0.15, 0.2) is 0 Å². The minimum absolute atomic E-state index is 0.0220. The van der Waals surface area contributed by atoms with Crippen molar-refractivity contribution in [3.8, 4) is 0 Å². The molecule has 20 heavy (non-hydrogen) atoms. The van der Waals surface area contributed by atoms with Gasteiger partial charge in [-0.05, 0) is 43.0 Å². The van der Waals surface area contributed by atoms with Crippen molar-refractivity contribution in [3.05, 3.63) is 48.1 Å². The Bertz CT molecular complexity index is 561. The molecule has 1 unspecified atom stereocenters. The molecule has 1 atom stereocenters. The van der Waals surface area contributed by atoms with Gasteiger partial charge in [0.25, 0.3) is 0 Å². The van der Waals surface area contributed by atoms with E-state index in [9.17, 15) is 9.59 Å². The molecule has 1 aromatic rings. The Hall–Kier alpha value is -2.36.